The molecule has 0 amide bonds. The van der Waals surface area contributed by atoms with Gasteiger partial charge in [-0.1, -0.05) is 6.07 Å². The largest absolute Gasteiger partial charge is 0.493 e. The van der Waals surface area contributed by atoms with E-state index in [0.29, 0.717) is 11.5 Å². The van der Waals surface area contributed by atoms with E-state index in [1.54, 1.807) is 20.4 Å². The Balaban J connectivity index is 2.00. The van der Waals surface area contributed by atoms with Gasteiger partial charge in [0.25, 0.3) is 0 Å². The standard InChI is InChI=1S/C17H18N4O2/c1-11(13-6-4-5-7-18-13)21-17-12-8-15(22-2)16(23-3)9-14(12)19-10-20-17/h4-11H,1-3H3,(H,19,20,21). The Labute approximate surface area is 134 Å². The quantitative estimate of drug-likeness (QED) is 0.780. The normalized spacial score (nSPS) is 12.0. The number of anilines is 1. The fourth-order valence-corrected chi connectivity index (χ4v) is 2.41. The fraction of sp³-hybridized carbons (Fsp3) is 0.235. The lowest BCUT2D eigenvalue weighted by Gasteiger charge is -2.16. The summed E-state index contributed by atoms with van der Waals surface area (Å²) in [5.74, 6) is 2.01. The van der Waals surface area contributed by atoms with Crippen molar-refractivity contribution in [3.05, 3.63) is 48.5 Å². The molecule has 23 heavy (non-hydrogen) atoms. The van der Waals surface area contributed by atoms with Crippen molar-refractivity contribution in [3.63, 3.8) is 0 Å². The van der Waals surface area contributed by atoms with E-state index in [1.807, 2.05) is 37.3 Å². The van der Waals surface area contributed by atoms with E-state index in [2.05, 4.69) is 20.3 Å². The molecule has 0 fully saturated rings. The average molecular weight is 310 g/mol. The van der Waals surface area contributed by atoms with Gasteiger partial charge in [-0.2, -0.15) is 0 Å². The summed E-state index contributed by atoms with van der Waals surface area (Å²) in [6, 6.07) is 9.57. The second-order valence-electron chi connectivity index (χ2n) is 5.07. The van der Waals surface area contributed by atoms with Crippen molar-refractivity contribution in [2.45, 2.75) is 13.0 Å². The van der Waals surface area contributed by atoms with Gasteiger partial charge >= 0.3 is 0 Å². The first kappa shape index (κ1) is 15.0. The van der Waals surface area contributed by atoms with Crippen molar-refractivity contribution >= 4 is 16.7 Å². The van der Waals surface area contributed by atoms with E-state index in [1.165, 1.54) is 6.33 Å². The lowest BCUT2D eigenvalue weighted by atomic mass is 10.1. The molecule has 1 atom stereocenters. The zero-order valence-corrected chi connectivity index (χ0v) is 13.3. The first-order valence-corrected chi connectivity index (χ1v) is 7.27. The van der Waals surface area contributed by atoms with Crippen molar-refractivity contribution in [2.75, 3.05) is 19.5 Å². The summed E-state index contributed by atoms with van der Waals surface area (Å²) in [5, 5.41) is 4.25. The van der Waals surface area contributed by atoms with Crippen LogP contribution in [0, 0.1) is 0 Å². The van der Waals surface area contributed by atoms with E-state index in [0.717, 1.165) is 22.4 Å². The maximum atomic E-state index is 5.37. The number of rotatable bonds is 5. The van der Waals surface area contributed by atoms with E-state index in [4.69, 9.17) is 9.47 Å². The smallest absolute Gasteiger partial charge is 0.162 e. The average Bonchev–Trinajstić information content (AvgIpc) is 2.61. The summed E-state index contributed by atoms with van der Waals surface area (Å²) in [6.45, 7) is 2.04. The maximum Gasteiger partial charge on any atom is 0.162 e. The highest BCUT2D eigenvalue weighted by Crippen LogP contribution is 2.34. The van der Waals surface area contributed by atoms with Crippen LogP contribution in [-0.4, -0.2) is 29.2 Å². The van der Waals surface area contributed by atoms with Crippen LogP contribution in [0.3, 0.4) is 0 Å². The third-order valence-corrected chi connectivity index (χ3v) is 3.63. The summed E-state index contributed by atoms with van der Waals surface area (Å²) in [4.78, 5) is 13.0. The van der Waals surface area contributed by atoms with E-state index >= 15 is 0 Å². The van der Waals surface area contributed by atoms with Crippen LogP contribution in [0.2, 0.25) is 0 Å². The highest BCUT2D eigenvalue weighted by Gasteiger charge is 2.13. The summed E-state index contributed by atoms with van der Waals surface area (Å²) in [7, 11) is 3.21. The summed E-state index contributed by atoms with van der Waals surface area (Å²) in [6.07, 6.45) is 3.31. The minimum absolute atomic E-state index is 0.0161. The summed E-state index contributed by atoms with van der Waals surface area (Å²) < 4.78 is 10.7. The molecule has 3 aromatic rings. The Bertz CT molecular complexity index is 808. The number of benzene rings is 1. The SMILES string of the molecule is COc1cc2ncnc(NC(C)c3ccccn3)c2cc1OC. The maximum absolute atomic E-state index is 5.37. The Morgan fingerprint density at radius 2 is 1.78 bits per heavy atom. The van der Waals surface area contributed by atoms with E-state index in [9.17, 15) is 0 Å². The molecule has 118 valence electrons. The Hall–Kier alpha value is -2.89. The van der Waals surface area contributed by atoms with Crippen LogP contribution in [0.25, 0.3) is 10.9 Å². The molecule has 2 aromatic heterocycles. The molecule has 2 heterocycles. The predicted octanol–water partition coefficient (Wildman–Crippen LogP) is 3.22. The van der Waals surface area contributed by atoms with Crippen molar-refractivity contribution in [3.8, 4) is 11.5 Å². The van der Waals surface area contributed by atoms with Crippen LogP contribution in [-0.2, 0) is 0 Å². The van der Waals surface area contributed by atoms with Gasteiger partial charge in [0, 0.05) is 17.6 Å². The minimum Gasteiger partial charge on any atom is -0.493 e. The fourth-order valence-electron chi connectivity index (χ4n) is 2.41. The number of hydrogen-bond acceptors (Lipinski definition) is 6. The number of aromatic nitrogens is 3. The predicted molar refractivity (Wildman–Crippen MR) is 88.9 cm³/mol. The van der Waals surface area contributed by atoms with E-state index in [-0.39, 0.29) is 6.04 Å². The Morgan fingerprint density at radius 1 is 1.00 bits per heavy atom. The molecule has 0 radical (unpaired) electrons. The molecular formula is C17H18N4O2. The number of methoxy groups -OCH3 is 2. The lowest BCUT2D eigenvalue weighted by molar-refractivity contribution is 0.356. The molecule has 0 saturated heterocycles. The number of ether oxygens (including phenoxy) is 2. The number of hydrogen-bond donors (Lipinski definition) is 1. The van der Waals surface area contributed by atoms with Crippen LogP contribution in [0.5, 0.6) is 11.5 Å². The van der Waals surface area contributed by atoms with Crippen molar-refractivity contribution in [1.29, 1.82) is 0 Å². The van der Waals surface area contributed by atoms with Gasteiger partial charge in [-0.15, -0.1) is 0 Å². The third kappa shape index (κ3) is 3.01. The highest BCUT2D eigenvalue weighted by molar-refractivity contribution is 5.91. The van der Waals surface area contributed by atoms with Gasteiger partial charge in [0.2, 0.25) is 0 Å². The van der Waals surface area contributed by atoms with Gasteiger partial charge in [0.05, 0.1) is 31.5 Å². The minimum atomic E-state index is 0.0161. The molecule has 0 aliphatic carbocycles. The Morgan fingerprint density at radius 3 is 2.48 bits per heavy atom. The molecule has 6 nitrogen and oxygen atoms in total. The summed E-state index contributed by atoms with van der Waals surface area (Å²) in [5.41, 5.74) is 1.73. The summed E-state index contributed by atoms with van der Waals surface area (Å²) >= 11 is 0. The number of pyridine rings is 1. The topological polar surface area (TPSA) is 69.2 Å². The molecule has 1 unspecified atom stereocenters. The van der Waals surface area contributed by atoms with Gasteiger partial charge in [0.15, 0.2) is 11.5 Å². The number of nitrogens with one attached hydrogen (secondary N) is 1. The highest BCUT2D eigenvalue weighted by atomic mass is 16.5. The monoisotopic (exact) mass is 310 g/mol. The van der Waals surface area contributed by atoms with Crippen LogP contribution in [0.1, 0.15) is 18.7 Å². The van der Waals surface area contributed by atoms with E-state index < -0.39 is 0 Å². The van der Waals surface area contributed by atoms with Crippen molar-refractivity contribution in [1.82, 2.24) is 15.0 Å². The Kier molecular flexibility index (Phi) is 4.23. The van der Waals surface area contributed by atoms with Crippen molar-refractivity contribution in [2.24, 2.45) is 0 Å². The second-order valence-corrected chi connectivity index (χ2v) is 5.07. The molecule has 0 aliphatic heterocycles. The number of nitrogens with zero attached hydrogens (tertiary/aromatic N) is 3. The molecule has 1 N–H and O–H groups in total. The van der Waals surface area contributed by atoms with Crippen LogP contribution >= 0.6 is 0 Å². The molecule has 0 saturated carbocycles. The molecule has 0 aliphatic rings. The first-order valence-electron chi connectivity index (χ1n) is 7.27. The van der Waals surface area contributed by atoms with Gasteiger partial charge in [0.1, 0.15) is 12.1 Å². The molecule has 0 bridgehead atoms. The third-order valence-electron chi connectivity index (χ3n) is 3.63. The molecule has 1 aromatic carbocycles. The number of fused-ring (bicyclic) bond motifs is 1. The zero-order chi connectivity index (χ0) is 16.2. The van der Waals surface area contributed by atoms with Gasteiger partial charge < -0.3 is 14.8 Å². The molecule has 3 rings (SSSR count). The van der Waals surface area contributed by atoms with Crippen molar-refractivity contribution < 1.29 is 9.47 Å². The van der Waals surface area contributed by atoms with Gasteiger partial charge in [-0.3, -0.25) is 4.98 Å². The zero-order valence-electron chi connectivity index (χ0n) is 13.3. The van der Waals surface area contributed by atoms with Crippen LogP contribution in [0.15, 0.2) is 42.9 Å². The molecule has 6 heteroatoms. The van der Waals surface area contributed by atoms with Gasteiger partial charge in [-0.05, 0) is 25.1 Å². The van der Waals surface area contributed by atoms with Gasteiger partial charge in [-0.25, -0.2) is 9.97 Å². The molecule has 0 spiro atoms. The second kappa shape index (κ2) is 6.48. The van der Waals surface area contributed by atoms with Crippen LogP contribution < -0.4 is 14.8 Å². The molecular weight excluding hydrogens is 292 g/mol. The first-order chi connectivity index (χ1) is 11.2. The lowest BCUT2D eigenvalue weighted by Crippen LogP contribution is -2.10. The van der Waals surface area contributed by atoms with Crippen LogP contribution in [0.4, 0.5) is 5.82 Å².